The van der Waals surface area contributed by atoms with E-state index in [0.29, 0.717) is 56.4 Å². The first kappa shape index (κ1) is 23.7. The lowest BCUT2D eigenvalue weighted by molar-refractivity contribution is -0.124. The maximum atomic E-state index is 12.9. The molecule has 2 aromatic rings. The molecule has 2 aromatic heterocycles. The highest BCUT2D eigenvalue weighted by atomic mass is 32.2. The number of nitrogens with zero attached hydrogens (tertiary/aromatic N) is 3. The number of Topliss-reactive ketones (excluding diaryl/α,β-unsaturated/α-hetero) is 1. The van der Waals surface area contributed by atoms with Crippen LogP contribution < -0.4 is 10.5 Å². The average molecular weight is 490 g/mol. The summed E-state index contributed by atoms with van der Waals surface area (Å²) in [5, 5.41) is 0. The number of hydrogen-bond donors (Lipinski definition) is 2. The number of anilines is 1. The summed E-state index contributed by atoms with van der Waals surface area (Å²) >= 11 is 0. The number of fused-ring (bicyclic) bond motifs is 1. The Bertz CT molecular complexity index is 1270. The summed E-state index contributed by atoms with van der Waals surface area (Å²) in [5.74, 6) is 1.67. The van der Waals surface area contributed by atoms with E-state index in [1.807, 2.05) is 19.9 Å². The predicted molar refractivity (Wildman–Crippen MR) is 129 cm³/mol. The van der Waals surface area contributed by atoms with Gasteiger partial charge in [-0.25, -0.2) is 23.1 Å². The minimum Gasteiger partial charge on any atom is -0.382 e. The molecule has 0 aromatic carbocycles. The number of carbonyl (C=O) groups is 1. The third-order valence-electron chi connectivity index (χ3n) is 8.84. The molecular weight excluding hydrogens is 454 g/mol. The van der Waals surface area contributed by atoms with Crippen LogP contribution in [-0.2, 0) is 32.7 Å². The molecule has 0 radical (unpaired) electrons. The molecule has 3 aliphatic rings. The Labute approximate surface area is 200 Å². The van der Waals surface area contributed by atoms with Gasteiger partial charge in [-0.1, -0.05) is 13.8 Å². The van der Waals surface area contributed by atoms with E-state index in [9.17, 15) is 13.2 Å². The Morgan fingerprint density at radius 3 is 2.74 bits per heavy atom. The van der Waals surface area contributed by atoms with E-state index >= 15 is 0 Å². The fourth-order valence-corrected chi connectivity index (χ4v) is 9.09. The number of aromatic nitrogens is 3. The Kier molecular flexibility index (Phi) is 5.39. The second-order valence-electron chi connectivity index (χ2n) is 10.7. The number of ether oxygens (including phenoxy) is 1. The van der Waals surface area contributed by atoms with Crippen LogP contribution in [0.3, 0.4) is 0 Å². The van der Waals surface area contributed by atoms with Crippen LogP contribution in [0, 0.1) is 29.1 Å². The zero-order valence-electron chi connectivity index (χ0n) is 20.5. The third-order valence-corrected chi connectivity index (χ3v) is 10.3. The van der Waals surface area contributed by atoms with Crippen molar-refractivity contribution in [1.82, 2.24) is 19.3 Å². The quantitative estimate of drug-likeness (QED) is 0.464. The normalized spacial score (nSPS) is 28.8. The molecule has 0 saturated heterocycles. The van der Waals surface area contributed by atoms with E-state index in [4.69, 9.17) is 10.5 Å². The Hall–Kier alpha value is -2.04. The van der Waals surface area contributed by atoms with E-state index in [2.05, 4.69) is 33.1 Å². The summed E-state index contributed by atoms with van der Waals surface area (Å²) < 4.78 is 36.2. The van der Waals surface area contributed by atoms with Gasteiger partial charge in [-0.2, -0.15) is 0 Å². The number of nitrogens with one attached hydrogen (secondary N) is 1. The lowest BCUT2D eigenvalue weighted by atomic mass is 9.91. The number of nitrogen functional groups attached to an aromatic ring is 1. The van der Waals surface area contributed by atoms with Gasteiger partial charge in [-0.15, -0.1) is 0 Å². The van der Waals surface area contributed by atoms with Crippen molar-refractivity contribution in [2.24, 2.45) is 22.2 Å². The van der Waals surface area contributed by atoms with Crippen LogP contribution in [0.1, 0.15) is 58.0 Å². The fourth-order valence-electron chi connectivity index (χ4n) is 7.18. The molecule has 0 amide bonds. The molecule has 10 heteroatoms. The van der Waals surface area contributed by atoms with Crippen molar-refractivity contribution in [2.75, 3.05) is 24.6 Å². The number of hydrogen-bond acceptors (Lipinski definition) is 7. The summed E-state index contributed by atoms with van der Waals surface area (Å²) in [5.41, 5.74) is 7.56. The van der Waals surface area contributed by atoms with E-state index in [-0.39, 0.29) is 22.4 Å². The highest BCUT2D eigenvalue weighted by molar-refractivity contribution is 7.89. The van der Waals surface area contributed by atoms with Crippen LogP contribution in [0.2, 0.25) is 0 Å². The van der Waals surface area contributed by atoms with Crippen LogP contribution in [0.5, 0.6) is 0 Å². The van der Waals surface area contributed by atoms with Crippen LogP contribution in [0.15, 0.2) is 6.07 Å². The zero-order valence-corrected chi connectivity index (χ0v) is 21.3. The Morgan fingerprint density at radius 1 is 1.29 bits per heavy atom. The highest BCUT2D eigenvalue weighted by Gasteiger charge is 2.97. The number of ketones is 1. The molecule has 3 fully saturated rings. The predicted octanol–water partition coefficient (Wildman–Crippen LogP) is 2.56. The van der Waals surface area contributed by atoms with Crippen LogP contribution in [0.4, 0.5) is 5.82 Å². The van der Waals surface area contributed by atoms with Gasteiger partial charge in [0.25, 0.3) is 0 Å². The van der Waals surface area contributed by atoms with Crippen LogP contribution in [0.25, 0.3) is 11.0 Å². The van der Waals surface area contributed by atoms with E-state index in [1.54, 1.807) is 0 Å². The molecule has 3 N–H and O–H groups in total. The van der Waals surface area contributed by atoms with Crippen molar-refractivity contribution in [3.63, 3.8) is 0 Å². The lowest BCUT2D eigenvalue weighted by Gasteiger charge is -2.18. The number of carbonyl (C=O) groups excluding carboxylic acids is 1. The van der Waals surface area contributed by atoms with Crippen molar-refractivity contribution < 1.29 is 17.9 Å². The number of sulfonamides is 1. The summed E-state index contributed by atoms with van der Waals surface area (Å²) in [6.07, 6.45) is 2.99. The standard InChI is InChI=1S/C24H35N5O4S/c1-5-33-13-19-28-20-17(10-15(2)27-21(20)25)29(19)9-7-6-8-26-34(31,32)14-24-18(30)11-16-12-23(16,24)22(24,3)4/h10,16,26H,5-9,11-14H2,1-4H3,(H2,25,27)/t16-,23?,24-/m0/s1. The van der Waals surface area contributed by atoms with E-state index < -0.39 is 15.4 Å². The average Bonchev–Trinajstić information content (AvgIpc) is 3.45. The van der Waals surface area contributed by atoms with Gasteiger partial charge in [0.05, 0.1) is 16.7 Å². The lowest BCUT2D eigenvalue weighted by Crippen LogP contribution is -2.36. The van der Waals surface area contributed by atoms with Gasteiger partial charge in [0.15, 0.2) is 5.82 Å². The number of nitrogens with two attached hydrogens (primary N) is 1. The maximum Gasteiger partial charge on any atom is 0.212 e. The highest BCUT2D eigenvalue weighted by Crippen LogP contribution is 2.96. The molecule has 186 valence electrons. The first-order valence-electron chi connectivity index (χ1n) is 12.2. The number of imidazole rings is 1. The van der Waals surface area contributed by atoms with E-state index in [0.717, 1.165) is 29.9 Å². The molecule has 0 bridgehead atoms. The van der Waals surface area contributed by atoms with Crippen molar-refractivity contribution in [2.45, 2.75) is 66.5 Å². The molecule has 0 aliphatic heterocycles. The second-order valence-corrected chi connectivity index (χ2v) is 12.5. The minimum atomic E-state index is -3.53. The number of unbranched alkanes of at least 4 members (excludes halogenated alkanes) is 1. The number of aryl methyl sites for hydroxylation is 2. The largest absolute Gasteiger partial charge is 0.382 e. The maximum absolute atomic E-state index is 12.9. The molecular formula is C24H35N5O4S. The molecule has 3 saturated carbocycles. The Morgan fingerprint density at radius 2 is 2.06 bits per heavy atom. The summed E-state index contributed by atoms with van der Waals surface area (Å²) in [7, 11) is -3.53. The zero-order chi connectivity index (χ0) is 24.5. The monoisotopic (exact) mass is 489 g/mol. The van der Waals surface area contributed by atoms with Gasteiger partial charge in [0.2, 0.25) is 10.0 Å². The molecule has 5 rings (SSSR count). The fraction of sp³-hybridized carbons (Fsp3) is 0.708. The first-order chi connectivity index (χ1) is 16.0. The molecule has 1 spiro atoms. The number of pyridine rings is 1. The molecule has 3 atom stereocenters. The van der Waals surface area contributed by atoms with Crippen LogP contribution in [-0.4, -0.2) is 47.6 Å². The van der Waals surface area contributed by atoms with Crippen molar-refractivity contribution >= 4 is 32.7 Å². The number of rotatable bonds is 11. The summed E-state index contributed by atoms with van der Waals surface area (Å²) in [6.45, 7) is 9.95. The topological polar surface area (TPSA) is 129 Å². The van der Waals surface area contributed by atoms with Gasteiger partial charge in [0.1, 0.15) is 23.7 Å². The molecule has 2 heterocycles. The smallest absolute Gasteiger partial charge is 0.212 e. The van der Waals surface area contributed by atoms with E-state index in [1.165, 1.54) is 0 Å². The molecule has 1 unspecified atom stereocenters. The van der Waals surface area contributed by atoms with Crippen molar-refractivity contribution in [3.8, 4) is 0 Å². The molecule has 3 aliphatic carbocycles. The SMILES string of the molecule is CCOCc1nc2c(N)nc(C)cc2n1CCCCNS(=O)(=O)C[C@@]12C(=O)C[C@H]3CC31C2(C)C. The van der Waals surface area contributed by atoms with Gasteiger partial charge >= 0.3 is 0 Å². The first-order valence-corrected chi connectivity index (χ1v) is 13.9. The van der Waals surface area contributed by atoms with Gasteiger partial charge in [-0.3, -0.25) is 4.79 Å². The Balaban J connectivity index is 1.20. The van der Waals surface area contributed by atoms with Crippen molar-refractivity contribution in [1.29, 1.82) is 0 Å². The summed E-state index contributed by atoms with van der Waals surface area (Å²) in [6, 6.07) is 1.97. The van der Waals surface area contributed by atoms with Crippen LogP contribution >= 0.6 is 0 Å². The second kappa shape index (κ2) is 7.73. The van der Waals surface area contributed by atoms with Gasteiger partial charge in [-0.05, 0) is 55.9 Å². The van der Waals surface area contributed by atoms with Gasteiger partial charge in [0, 0.05) is 31.8 Å². The summed E-state index contributed by atoms with van der Waals surface area (Å²) in [4.78, 5) is 21.7. The van der Waals surface area contributed by atoms with Gasteiger partial charge < -0.3 is 15.0 Å². The minimum absolute atomic E-state index is 0.0554. The third kappa shape index (κ3) is 3.18. The van der Waals surface area contributed by atoms with Crippen molar-refractivity contribution in [3.05, 3.63) is 17.6 Å². The molecule has 34 heavy (non-hydrogen) atoms. The molecule has 9 nitrogen and oxygen atoms in total.